The number of hydrogen-bond donors (Lipinski definition) is 1. The molecule has 2 rings (SSSR count). The van der Waals surface area contributed by atoms with Gasteiger partial charge in [-0.2, -0.15) is 0 Å². The van der Waals surface area contributed by atoms with Crippen LogP contribution < -0.4 is 10.5 Å². The Hall–Kier alpha value is -1.26. The lowest BCUT2D eigenvalue weighted by molar-refractivity contribution is -0.141. The third kappa shape index (κ3) is 2.87. The zero-order chi connectivity index (χ0) is 11.6. The zero-order valence-electron chi connectivity index (χ0n) is 9.60. The zero-order valence-corrected chi connectivity index (χ0v) is 9.60. The monoisotopic (exact) mass is 223 g/mol. The minimum absolute atomic E-state index is 0.00690. The van der Waals surface area contributed by atoms with Crippen molar-refractivity contribution in [3.8, 4) is 5.75 Å². The fourth-order valence-corrected chi connectivity index (χ4v) is 1.60. The molecule has 1 aliphatic heterocycles. The number of benzene rings is 1. The highest BCUT2D eigenvalue weighted by Gasteiger charge is 2.32. The molecule has 0 unspecified atom stereocenters. The molecule has 0 bridgehead atoms. The third-order valence-electron chi connectivity index (χ3n) is 2.38. The first-order chi connectivity index (χ1) is 7.55. The van der Waals surface area contributed by atoms with Crippen LogP contribution in [-0.4, -0.2) is 25.1 Å². The molecule has 4 nitrogen and oxygen atoms in total. The fraction of sp³-hybridized carbons (Fsp3) is 0.500. The second-order valence-corrected chi connectivity index (χ2v) is 4.33. The van der Waals surface area contributed by atoms with E-state index in [4.69, 9.17) is 19.9 Å². The van der Waals surface area contributed by atoms with E-state index in [2.05, 4.69) is 0 Å². The Kier molecular flexibility index (Phi) is 3.03. The van der Waals surface area contributed by atoms with Crippen molar-refractivity contribution < 1.29 is 14.2 Å². The number of ether oxygens (including phenoxy) is 3. The van der Waals surface area contributed by atoms with Crippen LogP contribution in [0.25, 0.3) is 0 Å². The molecule has 1 saturated heterocycles. The summed E-state index contributed by atoms with van der Waals surface area (Å²) in [5.74, 6) is 0.303. The van der Waals surface area contributed by atoms with E-state index >= 15 is 0 Å². The van der Waals surface area contributed by atoms with E-state index < -0.39 is 5.79 Å². The molecule has 1 atom stereocenters. The molecule has 4 heteroatoms. The molecule has 0 amide bonds. The summed E-state index contributed by atoms with van der Waals surface area (Å²) >= 11 is 0. The summed E-state index contributed by atoms with van der Waals surface area (Å²) in [6.07, 6.45) is -0.00690. The van der Waals surface area contributed by atoms with Crippen LogP contribution in [0.4, 0.5) is 5.69 Å². The van der Waals surface area contributed by atoms with Crippen molar-refractivity contribution in [3.05, 3.63) is 24.3 Å². The Bertz CT molecular complexity index is 348. The maximum atomic E-state index is 5.62. The van der Waals surface area contributed by atoms with Gasteiger partial charge >= 0.3 is 0 Å². The maximum Gasteiger partial charge on any atom is 0.163 e. The molecule has 1 aromatic rings. The van der Waals surface area contributed by atoms with Gasteiger partial charge in [0.05, 0.1) is 6.61 Å². The van der Waals surface area contributed by atoms with Crippen molar-refractivity contribution >= 4 is 5.69 Å². The van der Waals surface area contributed by atoms with Crippen LogP contribution in [0.1, 0.15) is 13.8 Å². The van der Waals surface area contributed by atoms with E-state index in [1.165, 1.54) is 0 Å². The molecular formula is C12H17NO3. The Labute approximate surface area is 95.3 Å². The first kappa shape index (κ1) is 11.2. The van der Waals surface area contributed by atoms with Crippen LogP contribution >= 0.6 is 0 Å². The number of nitrogen functional groups attached to an aromatic ring is 1. The summed E-state index contributed by atoms with van der Waals surface area (Å²) in [6.45, 7) is 4.86. The second kappa shape index (κ2) is 4.31. The van der Waals surface area contributed by atoms with Gasteiger partial charge in [0.15, 0.2) is 5.79 Å². The van der Waals surface area contributed by atoms with Crippen LogP contribution in [0.2, 0.25) is 0 Å². The van der Waals surface area contributed by atoms with Crippen molar-refractivity contribution in [2.45, 2.75) is 25.7 Å². The average Bonchev–Trinajstić information content (AvgIpc) is 2.58. The molecule has 1 heterocycles. The Morgan fingerprint density at radius 3 is 2.62 bits per heavy atom. The van der Waals surface area contributed by atoms with Gasteiger partial charge in [-0.3, -0.25) is 0 Å². The van der Waals surface area contributed by atoms with Gasteiger partial charge in [-0.15, -0.1) is 0 Å². The molecule has 1 aromatic carbocycles. The van der Waals surface area contributed by atoms with Crippen LogP contribution in [0.3, 0.4) is 0 Å². The van der Waals surface area contributed by atoms with E-state index in [1.807, 2.05) is 38.1 Å². The number of hydrogen-bond acceptors (Lipinski definition) is 4. The van der Waals surface area contributed by atoms with Gasteiger partial charge in [0.1, 0.15) is 18.5 Å². The van der Waals surface area contributed by atoms with Crippen molar-refractivity contribution in [2.24, 2.45) is 0 Å². The molecular weight excluding hydrogens is 206 g/mol. The van der Waals surface area contributed by atoms with Crippen molar-refractivity contribution in [1.82, 2.24) is 0 Å². The van der Waals surface area contributed by atoms with Gasteiger partial charge in [-0.1, -0.05) is 0 Å². The van der Waals surface area contributed by atoms with Gasteiger partial charge in [-0.25, -0.2) is 0 Å². The highest BCUT2D eigenvalue weighted by Crippen LogP contribution is 2.23. The van der Waals surface area contributed by atoms with E-state index in [-0.39, 0.29) is 6.10 Å². The number of anilines is 1. The molecule has 0 spiro atoms. The summed E-state index contributed by atoms with van der Waals surface area (Å²) in [5.41, 5.74) is 6.31. The lowest BCUT2D eigenvalue weighted by Crippen LogP contribution is -2.25. The second-order valence-electron chi connectivity index (χ2n) is 4.33. The summed E-state index contributed by atoms with van der Waals surface area (Å²) in [7, 11) is 0. The van der Waals surface area contributed by atoms with Gasteiger partial charge in [0.2, 0.25) is 0 Å². The fourth-order valence-electron chi connectivity index (χ4n) is 1.60. The predicted molar refractivity (Wildman–Crippen MR) is 61.3 cm³/mol. The smallest absolute Gasteiger partial charge is 0.163 e. The minimum Gasteiger partial charge on any atom is -0.491 e. The molecule has 0 aliphatic carbocycles. The lowest BCUT2D eigenvalue weighted by atomic mass is 10.3. The van der Waals surface area contributed by atoms with Crippen LogP contribution in [0.15, 0.2) is 24.3 Å². The van der Waals surface area contributed by atoms with E-state index in [0.29, 0.717) is 13.2 Å². The van der Waals surface area contributed by atoms with E-state index in [0.717, 1.165) is 11.4 Å². The SMILES string of the molecule is CC1(C)OC[C@H](COc2ccc(N)cc2)O1. The molecule has 2 N–H and O–H groups in total. The van der Waals surface area contributed by atoms with Crippen molar-refractivity contribution in [3.63, 3.8) is 0 Å². The van der Waals surface area contributed by atoms with Gasteiger partial charge in [-0.05, 0) is 38.1 Å². The standard InChI is InChI=1S/C12H17NO3/c1-12(2)15-8-11(16-12)7-14-10-5-3-9(13)4-6-10/h3-6,11H,7-8,13H2,1-2H3/t11-/m0/s1. The molecule has 1 aliphatic rings. The van der Waals surface area contributed by atoms with Crippen LogP contribution in [-0.2, 0) is 9.47 Å². The lowest BCUT2D eigenvalue weighted by Gasteiger charge is -2.17. The maximum absolute atomic E-state index is 5.62. The van der Waals surface area contributed by atoms with Gasteiger partial charge in [0.25, 0.3) is 0 Å². The summed E-state index contributed by atoms with van der Waals surface area (Å²) in [6, 6.07) is 7.31. The van der Waals surface area contributed by atoms with Gasteiger partial charge in [0, 0.05) is 5.69 Å². The Morgan fingerprint density at radius 1 is 1.38 bits per heavy atom. The average molecular weight is 223 g/mol. The highest BCUT2D eigenvalue weighted by molar-refractivity contribution is 5.41. The van der Waals surface area contributed by atoms with E-state index in [1.54, 1.807) is 0 Å². The van der Waals surface area contributed by atoms with Crippen LogP contribution in [0, 0.1) is 0 Å². The predicted octanol–water partition coefficient (Wildman–Crippen LogP) is 1.80. The first-order valence-electron chi connectivity index (χ1n) is 5.35. The quantitative estimate of drug-likeness (QED) is 0.794. The Morgan fingerprint density at radius 2 is 2.06 bits per heavy atom. The minimum atomic E-state index is -0.491. The summed E-state index contributed by atoms with van der Waals surface area (Å²) < 4.78 is 16.6. The molecule has 0 aromatic heterocycles. The van der Waals surface area contributed by atoms with E-state index in [9.17, 15) is 0 Å². The van der Waals surface area contributed by atoms with Crippen molar-refractivity contribution in [1.29, 1.82) is 0 Å². The topological polar surface area (TPSA) is 53.7 Å². The number of rotatable bonds is 3. The Balaban J connectivity index is 1.82. The number of nitrogens with two attached hydrogens (primary N) is 1. The molecule has 0 radical (unpaired) electrons. The summed E-state index contributed by atoms with van der Waals surface area (Å²) in [4.78, 5) is 0. The van der Waals surface area contributed by atoms with Crippen molar-refractivity contribution in [2.75, 3.05) is 18.9 Å². The molecule has 1 fully saturated rings. The van der Waals surface area contributed by atoms with Gasteiger partial charge < -0.3 is 19.9 Å². The molecule has 0 saturated carbocycles. The molecule has 88 valence electrons. The normalized spacial score (nSPS) is 23.2. The third-order valence-corrected chi connectivity index (χ3v) is 2.38. The largest absolute Gasteiger partial charge is 0.491 e. The first-order valence-corrected chi connectivity index (χ1v) is 5.35. The highest BCUT2D eigenvalue weighted by atomic mass is 16.7. The molecule has 16 heavy (non-hydrogen) atoms. The summed E-state index contributed by atoms with van der Waals surface area (Å²) in [5, 5.41) is 0. The van der Waals surface area contributed by atoms with Crippen LogP contribution in [0.5, 0.6) is 5.75 Å².